The zero-order valence-electron chi connectivity index (χ0n) is 2.32. The van der Waals surface area contributed by atoms with E-state index < -0.39 is 0 Å². The minimum atomic E-state index is 0. The summed E-state index contributed by atoms with van der Waals surface area (Å²) in [5.41, 5.74) is 0. The van der Waals surface area contributed by atoms with Gasteiger partial charge in [0.05, 0.1) is 0 Å². The molecule has 0 aliphatic carbocycles. The molecule has 5 heavy (non-hydrogen) atoms. The van der Waals surface area contributed by atoms with Gasteiger partial charge in [0.1, 0.15) is 0 Å². The van der Waals surface area contributed by atoms with E-state index in [4.69, 9.17) is 9.93 Å². The minimum absolute atomic E-state index is 0. The maximum atomic E-state index is 7.00. The van der Waals surface area contributed by atoms with Crippen LogP contribution in [0.15, 0.2) is 0 Å². The molecule has 0 aliphatic heterocycles. The third kappa shape index (κ3) is 28.2. The van der Waals surface area contributed by atoms with Crippen molar-refractivity contribution in [2.24, 2.45) is 0 Å². The number of hydrogen-bond donors (Lipinski definition) is 0. The third-order valence-electron chi connectivity index (χ3n) is 0. The van der Waals surface area contributed by atoms with Crippen LogP contribution in [0.25, 0.3) is 0 Å². The van der Waals surface area contributed by atoms with Crippen molar-refractivity contribution in [2.45, 2.75) is 0 Å². The first-order valence-corrected chi connectivity index (χ1v) is 0.167. The Hall–Kier alpha value is -0.520. The first kappa shape index (κ1) is 235. The van der Waals surface area contributed by atoms with Gasteiger partial charge < -0.3 is 16.4 Å². The lowest BCUT2D eigenvalue weighted by atomic mass is 15.3. The molecule has 0 heterocycles. The van der Waals surface area contributed by atoms with Crippen molar-refractivity contribution < 1.29 is 16.4 Å². The second-order valence-electron chi connectivity index (χ2n) is 0. The minimum Gasteiger partial charge on any atom is -0.412 e. The summed E-state index contributed by atoms with van der Waals surface area (Å²) in [4.78, 5) is 14.0. The molecule has 36 valence electrons. The van der Waals surface area contributed by atoms with Crippen molar-refractivity contribution >= 4 is 0 Å². The summed E-state index contributed by atoms with van der Waals surface area (Å²) >= 11 is 0. The van der Waals surface area contributed by atoms with Crippen LogP contribution in [0.1, 0.15) is 0 Å². The highest BCUT2D eigenvalue weighted by Gasteiger charge is 0.707. The Bertz CT molecular complexity index is 0. The van der Waals surface area contributed by atoms with E-state index in [1.807, 2.05) is 0 Å². The molecule has 0 bridgehead atoms. The van der Waals surface area contributed by atoms with E-state index in [1.165, 1.54) is 0 Å². The molecule has 0 saturated heterocycles. The summed E-state index contributed by atoms with van der Waals surface area (Å²) in [7, 11) is 0. The van der Waals surface area contributed by atoms with Gasteiger partial charge in [-0.1, -0.05) is 0 Å². The van der Waals surface area contributed by atoms with Crippen LogP contribution in [-0.4, -0.2) is 16.4 Å². The smallest absolute Gasteiger partial charge is 0 e. The Morgan fingerprint density at radius 2 is 0.600 bits per heavy atom. The number of rotatable bonds is 0. The largest absolute Gasteiger partial charge is 0.412 e. The standard InChI is InChI=1S/O2.3H2O/c1-2;;;/h;3*1H2. The van der Waals surface area contributed by atoms with E-state index in [0.717, 1.165) is 0 Å². The maximum absolute atomic E-state index is 7.00. The van der Waals surface area contributed by atoms with Crippen LogP contribution in [0.3, 0.4) is 0 Å². The molecule has 0 spiro atoms. The number of hydrogen-bond acceptors (Lipinski definition) is 2. The molecule has 0 fully saturated rings. The molecule has 0 atom stereocenters. The zero-order chi connectivity index (χ0) is 2.00. The average molecular weight is 86.0 g/mol. The zero-order valence-corrected chi connectivity index (χ0v) is 2.32. The van der Waals surface area contributed by atoms with Crippen molar-refractivity contribution in [2.75, 3.05) is 0 Å². The van der Waals surface area contributed by atoms with E-state index in [9.17, 15) is 0 Å². The van der Waals surface area contributed by atoms with E-state index in [0.29, 0.717) is 0 Å². The summed E-state index contributed by atoms with van der Waals surface area (Å²) in [6.07, 6.45) is 0. The Kier molecular flexibility index (Phi) is 3730. The van der Waals surface area contributed by atoms with Crippen molar-refractivity contribution in [3.05, 3.63) is 9.93 Å². The Labute approximate surface area is 27.7 Å². The first-order chi connectivity index (χ1) is 1.00. The van der Waals surface area contributed by atoms with Gasteiger partial charge in [-0.15, -0.1) is 0 Å². The lowest BCUT2D eigenvalue weighted by molar-refractivity contribution is 0.823. The lowest BCUT2D eigenvalue weighted by Crippen LogP contribution is -0.674. The highest BCUT2D eigenvalue weighted by atomic mass is 16.7. The molecular weight excluding hydrogens is 80.0 g/mol. The van der Waals surface area contributed by atoms with Crippen LogP contribution in [0, 0.1) is 9.93 Å². The van der Waals surface area contributed by atoms with Crippen molar-refractivity contribution in [1.29, 1.82) is 0 Å². The molecule has 0 rings (SSSR count). The van der Waals surface area contributed by atoms with Crippen LogP contribution in [-0.2, 0) is 0 Å². The van der Waals surface area contributed by atoms with Crippen LogP contribution in [0.5, 0.6) is 0 Å². The molecule has 5 nitrogen and oxygen atoms in total. The molecule has 0 amide bonds. The van der Waals surface area contributed by atoms with Crippen molar-refractivity contribution in [3.63, 3.8) is 0 Å². The normalized spacial score (nSPS) is 0.800. The van der Waals surface area contributed by atoms with E-state index in [-0.39, 0.29) is 16.4 Å². The Balaban J connectivity index is -0.00000000167. The summed E-state index contributed by atoms with van der Waals surface area (Å²) in [5, 5.41) is 0. The third-order valence-corrected chi connectivity index (χ3v) is 0. The SMILES string of the molecule is O.O.O.O=O. The molecule has 0 radical (unpaired) electrons. The summed E-state index contributed by atoms with van der Waals surface area (Å²) in [6.45, 7) is 0. The lowest BCUT2D eigenvalue weighted by Gasteiger charge is -0.707. The molecule has 6 N–H and O–H groups in total. The molecule has 0 aromatic carbocycles. The van der Waals surface area contributed by atoms with Gasteiger partial charge in [-0.3, -0.25) is 0 Å². The second kappa shape index (κ2) is 79.2. The van der Waals surface area contributed by atoms with E-state index in [2.05, 4.69) is 0 Å². The fraction of sp³-hybridized carbons (Fsp3) is 0. The quantitative estimate of drug-likeness (QED) is 0.325. The molecule has 5 heteroatoms. The Morgan fingerprint density at radius 3 is 0.600 bits per heavy atom. The maximum Gasteiger partial charge on any atom is 0 e. The van der Waals surface area contributed by atoms with Gasteiger partial charge in [0.25, 0.3) is 0 Å². The molecule has 0 saturated carbocycles. The van der Waals surface area contributed by atoms with Gasteiger partial charge in [0.2, 0.25) is 0 Å². The van der Waals surface area contributed by atoms with Gasteiger partial charge >= 0.3 is 0 Å². The molecule has 0 aromatic rings. The van der Waals surface area contributed by atoms with Gasteiger partial charge in [0, 0.05) is 9.93 Å². The first-order valence-electron chi connectivity index (χ1n) is 0.167. The summed E-state index contributed by atoms with van der Waals surface area (Å²) in [6, 6.07) is 0. The second-order valence-corrected chi connectivity index (χ2v) is 0. The van der Waals surface area contributed by atoms with Gasteiger partial charge in [0.15, 0.2) is 0 Å². The Morgan fingerprint density at radius 1 is 0.600 bits per heavy atom. The fourth-order valence-electron chi connectivity index (χ4n) is 0. The van der Waals surface area contributed by atoms with Crippen LogP contribution in [0.4, 0.5) is 0 Å². The van der Waals surface area contributed by atoms with Gasteiger partial charge in [-0.25, -0.2) is 0 Å². The van der Waals surface area contributed by atoms with Crippen LogP contribution >= 0.6 is 0 Å². The highest BCUT2D eigenvalue weighted by Crippen LogP contribution is 0.741. The molecular formula is H6O5. The summed E-state index contributed by atoms with van der Waals surface area (Å²) in [5.74, 6) is 0. The predicted octanol–water partition coefficient (Wildman–Crippen LogP) is -2.41. The predicted molar refractivity (Wildman–Crippen MR) is 17.6 cm³/mol. The average Bonchev–Trinajstić information content (AvgIpc) is 1.00. The van der Waals surface area contributed by atoms with Crippen molar-refractivity contribution in [3.8, 4) is 0 Å². The monoisotopic (exact) mass is 86.0 g/mol. The van der Waals surface area contributed by atoms with Gasteiger partial charge in [-0.05, 0) is 0 Å². The molecule has 0 aromatic heterocycles. The van der Waals surface area contributed by atoms with E-state index >= 15 is 0 Å². The summed E-state index contributed by atoms with van der Waals surface area (Å²) < 4.78 is 0. The van der Waals surface area contributed by atoms with Crippen LogP contribution < -0.4 is 0 Å². The highest BCUT2D eigenvalue weighted by molar-refractivity contribution is 4.07. The van der Waals surface area contributed by atoms with E-state index in [1.54, 1.807) is 0 Å². The fourth-order valence-corrected chi connectivity index (χ4v) is 0. The molecule has 0 unspecified atom stereocenters. The molecule has 0 aliphatic rings. The van der Waals surface area contributed by atoms with Crippen molar-refractivity contribution in [1.82, 2.24) is 0 Å². The van der Waals surface area contributed by atoms with Gasteiger partial charge in [-0.2, -0.15) is 0 Å². The van der Waals surface area contributed by atoms with Crippen LogP contribution in [0.2, 0.25) is 0 Å². The topological polar surface area (TPSA) is 129 Å².